The summed E-state index contributed by atoms with van der Waals surface area (Å²) in [4.78, 5) is 36.8. The summed E-state index contributed by atoms with van der Waals surface area (Å²) in [5, 5.41) is 5.63. The zero-order chi connectivity index (χ0) is 27.6. The van der Waals surface area contributed by atoms with Crippen molar-refractivity contribution >= 4 is 17.7 Å². The lowest BCUT2D eigenvalue weighted by Crippen LogP contribution is -2.34. The predicted molar refractivity (Wildman–Crippen MR) is 156 cm³/mol. The van der Waals surface area contributed by atoms with Crippen molar-refractivity contribution in [3.8, 4) is 0 Å². The van der Waals surface area contributed by atoms with E-state index in [1.165, 1.54) is 71.6 Å². The normalized spacial score (nSPS) is 11.3. The molecule has 0 rings (SSSR count). The van der Waals surface area contributed by atoms with E-state index in [0.29, 0.717) is 19.5 Å². The fourth-order valence-corrected chi connectivity index (χ4v) is 4.38. The molecular formula is C31H59N3O3. The quantitative estimate of drug-likeness (QED) is 0.101. The molecule has 0 aromatic heterocycles. The first-order valence-corrected chi connectivity index (χ1v) is 15.2. The Balaban J connectivity index is 3.93. The Labute approximate surface area is 228 Å². The number of unbranched alkanes of at least 4 members (excludes halogenated alkanes) is 11. The van der Waals surface area contributed by atoms with Gasteiger partial charge in [-0.2, -0.15) is 0 Å². The van der Waals surface area contributed by atoms with Crippen LogP contribution in [-0.4, -0.2) is 48.8 Å². The Morgan fingerprint density at radius 2 is 1.08 bits per heavy atom. The fraction of sp³-hybridized carbons (Fsp3) is 0.839. The summed E-state index contributed by atoms with van der Waals surface area (Å²) in [5.74, 6) is 1.05. The van der Waals surface area contributed by atoms with Crippen LogP contribution >= 0.6 is 0 Å². The number of amides is 3. The summed E-state index contributed by atoms with van der Waals surface area (Å²) in [6.45, 7) is 10.4. The Morgan fingerprint density at radius 1 is 0.622 bits per heavy atom. The van der Waals surface area contributed by atoms with Crippen molar-refractivity contribution in [2.24, 2.45) is 5.92 Å². The summed E-state index contributed by atoms with van der Waals surface area (Å²) < 4.78 is 0. The lowest BCUT2D eigenvalue weighted by atomic mass is 10.0. The summed E-state index contributed by atoms with van der Waals surface area (Å²) >= 11 is 0. The van der Waals surface area contributed by atoms with Crippen LogP contribution in [0.5, 0.6) is 0 Å². The molecule has 0 aliphatic heterocycles. The van der Waals surface area contributed by atoms with Crippen LogP contribution in [0.2, 0.25) is 0 Å². The largest absolute Gasteiger partial charge is 0.356 e. The topological polar surface area (TPSA) is 78.5 Å². The van der Waals surface area contributed by atoms with E-state index in [2.05, 4.69) is 36.6 Å². The Hall–Kier alpha value is -1.85. The number of carbonyl (C=O) groups excluding carboxylic acids is 3. The first-order chi connectivity index (χ1) is 17.8. The second-order valence-electron chi connectivity index (χ2n) is 10.9. The molecule has 0 aromatic rings. The van der Waals surface area contributed by atoms with Crippen molar-refractivity contribution in [3.05, 3.63) is 12.2 Å². The van der Waals surface area contributed by atoms with E-state index >= 15 is 0 Å². The molecule has 3 amide bonds. The molecule has 0 aliphatic carbocycles. The molecule has 0 spiro atoms. The molecule has 6 nitrogen and oxygen atoms in total. The van der Waals surface area contributed by atoms with E-state index in [0.717, 1.165) is 64.0 Å². The standard InChI is InChI=1S/C31H59N3O3/c1-28(2)22-16-14-12-10-8-6-5-7-9-11-13-15-17-23-31(37)34(26-20-18-24-32-29(3)35)27-21-19-25-33-30(4)36/h9,11,28H,5-8,10,12-27H2,1-4H3,(H,32,35)(H,33,36). The number of nitrogens with zero attached hydrogens (tertiary/aromatic N) is 1. The number of hydrogen-bond acceptors (Lipinski definition) is 3. The first kappa shape index (κ1) is 35.2. The third-order valence-corrected chi connectivity index (χ3v) is 6.64. The van der Waals surface area contributed by atoms with Gasteiger partial charge in [0.25, 0.3) is 0 Å². The van der Waals surface area contributed by atoms with Gasteiger partial charge >= 0.3 is 0 Å². The van der Waals surface area contributed by atoms with Gasteiger partial charge in [-0.15, -0.1) is 0 Å². The zero-order valence-electron chi connectivity index (χ0n) is 24.8. The van der Waals surface area contributed by atoms with Crippen LogP contribution in [0.3, 0.4) is 0 Å². The molecule has 6 heteroatoms. The van der Waals surface area contributed by atoms with Crippen molar-refractivity contribution in [1.82, 2.24) is 15.5 Å². The molecule has 37 heavy (non-hydrogen) atoms. The van der Waals surface area contributed by atoms with E-state index in [1.807, 2.05) is 4.90 Å². The fourth-order valence-electron chi connectivity index (χ4n) is 4.38. The van der Waals surface area contributed by atoms with Gasteiger partial charge in [-0.25, -0.2) is 0 Å². The number of nitrogens with one attached hydrogen (secondary N) is 2. The molecule has 0 heterocycles. The van der Waals surface area contributed by atoms with Crippen molar-refractivity contribution in [1.29, 1.82) is 0 Å². The lowest BCUT2D eigenvalue weighted by Gasteiger charge is -2.23. The summed E-state index contributed by atoms with van der Waals surface area (Å²) in [6, 6.07) is 0. The number of allylic oxidation sites excluding steroid dienone is 2. The van der Waals surface area contributed by atoms with Crippen LogP contribution in [-0.2, 0) is 14.4 Å². The summed E-state index contributed by atoms with van der Waals surface area (Å²) in [6.07, 6.45) is 23.9. The van der Waals surface area contributed by atoms with E-state index in [-0.39, 0.29) is 17.7 Å². The van der Waals surface area contributed by atoms with Gasteiger partial charge in [0.2, 0.25) is 17.7 Å². The van der Waals surface area contributed by atoms with E-state index < -0.39 is 0 Å². The Kier molecular flexibility index (Phi) is 24.5. The van der Waals surface area contributed by atoms with Gasteiger partial charge in [0.15, 0.2) is 0 Å². The molecule has 216 valence electrons. The highest BCUT2D eigenvalue weighted by atomic mass is 16.2. The summed E-state index contributed by atoms with van der Waals surface area (Å²) in [7, 11) is 0. The average molecular weight is 522 g/mol. The van der Waals surface area contributed by atoms with Gasteiger partial charge in [-0.3, -0.25) is 14.4 Å². The first-order valence-electron chi connectivity index (χ1n) is 15.2. The molecule has 0 aromatic carbocycles. The van der Waals surface area contributed by atoms with Crippen LogP contribution in [0.4, 0.5) is 0 Å². The lowest BCUT2D eigenvalue weighted by molar-refractivity contribution is -0.131. The minimum absolute atomic E-state index is 0.0112. The summed E-state index contributed by atoms with van der Waals surface area (Å²) in [5.41, 5.74) is 0. The molecule has 0 bridgehead atoms. The third-order valence-electron chi connectivity index (χ3n) is 6.64. The molecule has 0 atom stereocenters. The van der Waals surface area contributed by atoms with Gasteiger partial charge in [-0.1, -0.05) is 70.9 Å². The van der Waals surface area contributed by atoms with E-state index in [9.17, 15) is 14.4 Å². The molecule has 0 saturated heterocycles. The van der Waals surface area contributed by atoms with E-state index in [1.54, 1.807) is 0 Å². The van der Waals surface area contributed by atoms with Gasteiger partial charge in [0, 0.05) is 46.4 Å². The van der Waals surface area contributed by atoms with Gasteiger partial charge < -0.3 is 15.5 Å². The third kappa shape index (κ3) is 27.0. The minimum atomic E-state index is -0.0112. The molecule has 0 fully saturated rings. The highest BCUT2D eigenvalue weighted by molar-refractivity contribution is 5.76. The molecule has 0 radical (unpaired) electrons. The maximum absolute atomic E-state index is 12.8. The number of rotatable bonds is 25. The molecule has 0 unspecified atom stereocenters. The minimum Gasteiger partial charge on any atom is -0.356 e. The monoisotopic (exact) mass is 521 g/mol. The number of hydrogen-bond donors (Lipinski definition) is 2. The predicted octanol–water partition coefficient (Wildman–Crippen LogP) is 6.93. The molecule has 0 aliphatic rings. The SMILES string of the molecule is CC(=O)NCCCCN(CCCCNC(C)=O)C(=O)CCCCC=CCCCCCCCCCC(C)C. The second-order valence-corrected chi connectivity index (χ2v) is 10.9. The Bertz CT molecular complexity index is 581. The van der Waals surface area contributed by atoms with Gasteiger partial charge in [-0.05, 0) is 63.7 Å². The van der Waals surface area contributed by atoms with Crippen LogP contribution in [0.15, 0.2) is 12.2 Å². The number of carbonyl (C=O) groups is 3. The van der Waals surface area contributed by atoms with Crippen LogP contribution in [0, 0.1) is 5.92 Å². The van der Waals surface area contributed by atoms with Gasteiger partial charge in [0.05, 0.1) is 0 Å². The second kappa shape index (κ2) is 25.8. The van der Waals surface area contributed by atoms with Gasteiger partial charge in [0.1, 0.15) is 0 Å². The van der Waals surface area contributed by atoms with E-state index in [4.69, 9.17) is 0 Å². The van der Waals surface area contributed by atoms with Crippen molar-refractivity contribution in [2.45, 2.75) is 137 Å². The van der Waals surface area contributed by atoms with Crippen LogP contribution in [0.25, 0.3) is 0 Å². The average Bonchev–Trinajstić information content (AvgIpc) is 2.84. The zero-order valence-corrected chi connectivity index (χ0v) is 24.8. The Morgan fingerprint density at radius 3 is 1.57 bits per heavy atom. The smallest absolute Gasteiger partial charge is 0.222 e. The van der Waals surface area contributed by atoms with Crippen molar-refractivity contribution in [2.75, 3.05) is 26.2 Å². The highest BCUT2D eigenvalue weighted by Gasteiger charge is 2.12. The molecule has 0 saturated carbocycles. The maximum Gasteiger partial charge on any atom is 0.222 e. The highest BCUT2D eigenvalue weighted by Crippen LogP contribution is 2.13. The van der Waals surface area contributed by atoms with Crippen molar-refractivity contribution in [3.63, 3.8) is 0 Å². The van der Waals surface area contributed by atoms with Crippen molar-refractivity contribution < 1.29 is 14.4 Å². The van der Waals surface area contributed by atoms with Crippen LogP contribution in [0.1, 0.15) is 137 Å². The van der Waals surface area contributed by atoms with Crippen LogP contribution < -0.4 is 10.6 Å². The molecular weight excluding hydrogens is 462 g/mol. The molecule has 2 N–H and O–H groups in total. The maximum atomic E-state index is 12.8.